The van der Waals surface area contributed by atoms with E-state index in [4.69, 9.17) is 4.74 Å². The third kappa shape index (κ3) is 5.21. The van der Waals surface area contributed by atoms with Gasteiger partial charge in [-0.15, -0.1) is 0 Å². The molecule has 1 aromatic carbocycles. The van der Waals surface area contributed by atoms with Crippen LogP contribution in [0.5, 0.6) is 0 Å². The van der Waals surface area contributed by atoms with E-state index in [-0.39, 0.29) is 29.7 Å². The van der Waals surface area contributed by atoms with Gasteiger partial charge in [0, 0.05) is 13.0 Å². The minimum absolute atomic E-state index is 0.145. The van der Waals surface area contributed by atoms with Crippen molar-refractivity contribution < 1.29 is 19.2 Å². The Kier molecular flexibility index (Phi) is 5.83. The maximum absolute atomic E-state index is 11.8. The van der Waals surface area contributed by atoms with E-state index in [1.807, 2.05) is 0 Å². The lowest BCUT2D eigenvalue weighted by atomic mass is 10.0. The van der Waals surface area contributed by atoms with Crippen LogP contribution in [0.4, 0.5) is 5.69 Å². The fourth-order valence-electron chi connectivity index (χ4n) is 1.91. The van der Waals surface area contributed by atoms with Crippen molar-refractivity contribution in [3.05, 3.63) is 39.9 Å². The lowest BCUT2D eigenvalue weighted by molar-refractivity contribution is -0.385. The first kappa shape index (κ1) is 16.6. The Balaban J connectivity index is 3.05. The molecule has 1 N–H and O–H groups in total. The number of nitro groups is 1. The van der Waals surface area contributed by atoms with Crippen LogP contribution in [0.2, 0.25) is 0 Å². The molecule has 0 fully saturated rings. The molecular weight excluding hydrogens is 276 g/mol. The van der Waals surface area contributed by atoms with E-state index in [1.54, 1.807) is 19.9 Å². The molecule has 0 radical (unpaired) electrons. The van der Waals surface area contributed by atoms with Crippen LogP contribution in [-0.4, -0.2) is 22.9 Å². The number of hydrogen-bond acceptors (Lipinski definition) is 5. The molecule has 7 nitrogen and oxygen atoms in total. The van der Waals surface area contributed by atoms with Gasteiger partial charge in [0.25, 0.3) is 5.69 Å². The van der Waals surface area contributed by atoms with E-state index in [1.165, 1.54) is 25.1 Å². The van der Waals surface area contributed by atoms with Crippen LogP contribution >= 0.6 is 0 Å². The number of esters is 1. The number of rotatable bonds is 6. The molecule has 0 aromatic heterocycles. The average Bonchev–Trinajstić information content (AvgIpc) is 2.36. The summed E-state index contributed by atoms with van der Waals surface area (Å²) in [5.41, 5.74) is 0.131. The number of amides is 1. The monoisotopic (exact) mass is 294 g/mol. The van der Waals surface area contributed by atoms with E-state index >= 15 is 0 Å². The first-order valence-electron chi connectivity index (χ1n) is 6.51. The number of benzene rings is 1. The van der Waals surface area contributed by atoms with Crippen LogP contribution < -0.4 is 5.32 Å². The van der Waals surface area contributed by atoms with Gasteiger partial charge in [-0.1, -0.05) is 18.2 Å². The Morgan fingerprint density at radius 1 is 1.33 bits per heavy atom. The van der Waals surface area contributed by atoms with Crippen molar-refractivity contribution in [2.24, 2.45) is 0 Å². The molecule has 1 rings (SSSR count). The Hall–Kier alpha value is -2.44. The lowest BCUT2D eigenvalue weighted by Gasteiger charge is -2.18. The summed E-state index contributed by atoms with van der Waals surface area (Å²) >= 11 is 0. The Labute approximate surface area is 122 Å². The molecule has 1 atom stereocenters. The summed E-state index contributed by atoms with van der Waals surface area (Å²) in [6.45, 7) is 4.70. The molecule has 0 saturated heterocycles. The molecule has 1 amide bonds. The van der Waals surface area contributed by atoms with Crippen LogP contribution in [0, 0.1) is 10.1 Å². The summed E-state index contributed by atoms with van der Waals surface area (Å²) < 4.78 is 5.02. The molecular formula is C14H18N2O5. The van der Waals surface area contributed by atoms with Gasteiger partial charge >= 0.3 is 5.97 Å². The van der Waals surface area contributed by atoms with E-state index in [2.05, 4.69) is 5.32 Å². The SMILES string of the molecule is CC(=O)NC(CC(=O)OC(C)C)c1ccccc1[N+](=O)[O-]. The van der Waals surface area contributed by atoms with Gasteiger partial charge in [0.1, 0.15) is 0 Å². The normalized spacial score (nSPS) is 11.8. The number of para-hydroxylation sites is 1. The van der Waals surface area contributed by atoms with Crippen LogP contribution in [0.25, 0.3) is 0 Å². The van der Waals surface area contributed by atoms with Crippen molar-refractivity contribution in [3.63, 3.8) is 0 Å². The number of carbonyl (C=O) groups is 2. The zero-order valence-corrected chi connectivity index (χ0v) is 12.2. The number of nitrogens with zero attached hydrogens (tertiary/aromatic N) is 1. The second-order valence-corrected chi connectivity index (χ2v) is 4.81. The summed E-state index contributed by atoms with van der Waals surface area (Å²) in [7, 11) is 0. The smallest absolute Gasteiger partial charge is 0.308 e. The third-order valence-electron chi connectivity index (χ3n) is 2.62. The van der Waals surface area contributed by atoms with Crippen molar-refractivity contribution >= 4 is 17.6 Å². The first-order valence-corrected chi connectivity index (χ1v) is 6.51. The fourth-order valence-corrected chi connectivity index (χ4v) is 1.91. The van der Waals surface area contributed by atoms with E-state index < -0.39 is 16.9 Å². The average molecular weight is 294 g/mol. The van der Waals surface area contributed by atoms with Gasteiger partial charge in [0.15, 0.2) is 0 Å². The number of hydrogen-bond donors (Lipinski definition) is 1. The number of carbonyl (C=O) groups excluding carboxylic acids is 2. The number of ether oxygens (including phenoxy) is 1. The number of nitrogens with one attached hydrogen (secondary N) is 1. The summed E-state index contributed by atoms with van der Waals surface area (Å²) in [5.74, 6) is -0.905. The predicted octanol–water partition coefficient (Wildman–Crippen LogP) is 2.11. The molecule has 114 valence electrons. The molecule has 0 aliphatic rings. The van der Waals surface area contributed by atoms with Crippen molar-refractivity contribution in [2.75, 3.05) is 0 Å². The summed E-state index contributed by atoms with van der Waals surface area (Å²) in [4.78, 5) is 33.5. The zero-order valence-electron chi connectivity index (χ0n) is 12.2. The van der Waals surface area contributed by atoms with Gasteiger partial charge < -0.3 is 10.1 Å². The van der Waals surface area contributed by atoms with Gasteiger partial charge in [-0.25, -0.2) is 0 Å². The molecule has 1 aromatic rings. The van der Waals surface area contributed by atoms with Crippen molar-refractivity contribution in [1.82, 2.24) is 5.32 Å². The van der Waals surface area contributed by atoms with Crippen LogP contribution in [0.3, 0.4) is 0 Å². The maximum atomic E-state index is 11.8. The summed E-state index contributed by atoms with van der Waals surface area (Å²) in [6, 6.07) is 5.19. The molecule has 0 saturated carbocycles. The Bertz CT molecular complexity index is 542. The molecule has 7 heteroatoms. The molecule has 0 aliphatic heterocycles. The third-order valence-corrected chi connectivity index (χ3v) is 2.62. The van der Waals surface area contributed by atoms with Crippen molar-refractivity contribution in [2.45, 2.75) is 39.3 Å². The van der Waals surface area contributed by atoms with E-state index in [0.29, 0.717) is 0 Å². The predicted molar refractivity (Wildman–Crippen MR) is 75.5 cm³/mol. The molecule has 21 heavy (non-hydrogen) atoms. The minimum atomic E-state index is -0.796. The van der Waals surface area contributed by atoms with Gasteiger partial charge in [0.2, 0.25) is 5.91 Å². The highest BCUT2D eigenvalue weighted by molar-refractivity contribution is 5.76. The van der Waals surface area contributed by atoms with Crippen LogP contribution in [0.1, 0.15) is 38.8 Å². The molecule has 0 bridgehead atoms. The summed E-state index contributed by atoms with van der Waals surface area (Å²) in [6.07, 6.45) is -0.455. The first-order chi connectivity index (χ1) is 9.81. The quantitative estimate of drug-likeness (QED) is 0.492. The molecule has 0 aliphatic carbocycles. The van der Waals surface area contributed by atoms with E-state index in [0.717, 1.165) is 0 Å². The maximum Gasteiger partial charge on any atom is 0.308 e. The zero-order chi connectivity index (χ0) is 16.0. The van der Waals surface area contributed by atoms with Crippen molar-refractivity contribution in [3.8, 4) is 0 Å². The fraction of sp³-hybridized carbons (Fsp3) is 0.429. The highest BCUT2D eigenvalue weighted by Gasteiger charge is 2.25. The van der Waals surface area contributed by atoms with Gasteiger partial charge in [-0.3, -0.25) is 19.7 Å². The summed E-state index contributed by atoms with van der Waals surface area (Å²) in [5, 5.41) is 13.6. The second kappa shape index (κ2) is 7.37. The Morgan fingerprint density at radius 3 is 2.48 bits per heavy atom. The molecule has 0 spiro atoms. The van der Waals surface area contributed by atoms with Crippen LogP contribution in [-0.2, 0) is 14.3 Å². The van der Waals surface area contributed by atoms with E-state index in [9.17, 15) is 19.7 Å². The second-order valence-electron chi connectivity index (χ2n) is 4.81. The van der Waals surface area contributed by atoms with Gasteiger partial charge in [-0.2, -0.15) is 0 Å². The van der Waals surface area contributed by atoms with Crippen molar-refractivity contribution in [1.29, 1.82) is 0 Å². The lowest BCUT2D eigenvalue weighted by Crippen LogP contribution is -2.29. The minimum Gasteiger partial charge on any atom is -0.463 e. The highest BCUT2D eigenvalue weighted by atomic mass is 16.6. The number of nitro benzene ring substituents is 1. The molecule has 0 heterocycles. The van der Waals surface area contributed by atoms with Gasteiger partial charge in [0.05, 0.1) is 29.1 Å². The van der Waals surface area contributed by atoms with Gasteiger partial charge in [-0.05, 0) is 13.8 Å². The van der Waals surface area contributed by atoms with Crippen LogP contribution in [0.15, 0.2) is 24.3 Å². The molecule has 1 unspecified atom stereocenters. The standard InChI is InChI=1S/C14H18N2O5/c1-9(2)21-14(18)8-12(15-10(3)17)11-6-4-5-7-13(11)16(19)20/h4-7,9,12H,8H2,1-3H3,(H,15,17). The Morgan fingerprint density at radius 2 is 1.95 bits per heavy atom. The highest BCUT2D eigenvalue weighted by Crippen LogP contribution is 2.27. The largest absolute Gasteiger partial charge is 0.463 e. The topological polar surface area (TPSA) is 98.5 Å².